The summed E-state index contributed by atoms with van der Waals surface area (Å²) >= 11 is 0. The number of hydrogen-bond donors (Lipinski definition) is 0. The van der Waals surface area contributed by atoms with Crippen molar-refractivity contribution in [3.05, 3.63) is 0 Å². The summed E-state index contributed by atoms with van der Waals surface area (Å²) in [5.74, 6) is 0. The van der Waals surface area contributed by atoms with Crippen molar-refractivity contribution in [2.24, 2.45) is 0 Å². The van der Waals surface area contributed by atoms with Crippen molar-refractivity contribution in [1.29, 1.82) is 0 Å². The van der Waals surface area contributed by atoms with Crippen LogP contribution in [0.1, 0.15) is 0 Å². The first kappa shape index (κ1) is 180. The Balaban J connectivity index is 0. The Hall–Kier alpha value is 0.568. The van der Waals surface area contributed by atoms with Crippen molar-refractivity contribution in [1.82, 2.24) is 0 Å². The van der Waals surface area contributed by atoms with E-state index in [1.807, 2.05) is 0 Å². The molecule has 0 aromatic carbocycles. The smallest absolute Gasteiger partial charge is 0 e. The molecule has 4 heteroatoms. The summed E-state index contributed by atoms with van der Waals surface area (Å²) in [5.41, 5.74) is 0. The SMILES string of the molecule is [O-2].[O-2].[O-2].[W]. The molecular formula is O3W-6. The number of hydrogen-bond acceptors (Lipinski definition) is 0. The van der Waals surface area contributed by atoms with Gasteiger partial charge in [0, 0.05) is 21.1 Å². The van der Waals surface area contributed by atoms with Gasteiger partial charge in [-0.3, -0.25) is 0 Å². The van der Waals surface area contributed by atoms with Crippen LogP contribution in [0.25, 0.3) is 0 Å². The standard InChI is InChI=1S/3O.W/q3*-2;. The van der Waals surface area contributed by atoms with Gasteiger partial charge in [0.25, 0.3) is 0 Å². The van der Waals surface area contributed by atoms with Crippen LogP contribution in [-0.4, -0.2) is 0 Å². The van der Waals surface area contributed by atoms with Crippen molar-refractivity contribution >= 4 is 0 Å². The summed E-state index contributed by atoms with van der Waals surface area (Å²) in [6, 6.07) is 0. The molecule has 0 unspecified atom stereocenters. The zero-order valence-electron chi connectivity index (χ0n) is 1.63. The molecule has 0 aliphatic carbocycles. The third-order valence-electron chi connectivity index (χ3n) is 0. The zero-order chi connectivity index (χ0) is 0. The van der Waals surface area contributed by atoms with Crippen LogP contribution >= 0.6 is 0 Å². The third kappa shape index (κ3) is 19.6. The predicted molar refractivity (Wildman–Crippen MR) is 2.06 cm³/mol. The van der Waals surface area contributed by atoms with Gasteiger partial charge in [-0.25, -0.2) is 0 Å². The van der Waals surface area contributed by atoms with Crippen molar-refractivity contribution in [2.45, 2.75) is 0 Å². The Labute approximate surface area is 38.2 Å². The summed E-state index contributed by atoms with van der Waals surface area (Å²) in [6.45, 7) is 0. The molecule has 0 atom stereocenters. The molecule has 0 heterocycles. The van der Waals surface area contributed by atoms with Crippen molar-refractivity contribution < 1.29 is 37.5 Å². The molecule has 30 valence electrons. The van der Waals surface area contributed by atoms with Crippen LogP contribution in [0.5, 0.6) is 0 Å². The first-order valence-electron chi connectivity index (χ1n) is 0. The van der Waals surface area contributed by atoms with Crippen LogP contribution in [0.4, 0.5) is 0 Å². The van der Waals surface area contributed by atoms with Gasteiger partial charge in [-0.2, -0.15) is 0 Å². The molecule has 0 aromatic heterocycles. The van der Waals surface area contributed by atoms with Crippen molar-refractivity contribution in [3.8, 4) is 0 Å². The summed E-state index contributed by atoms with van der Waals surface area (Å²) in [4.78, 5) is 0. The molecule has 0 fully saturated rings. The average molecular weight is 232 g/mol. The van der Waals surface area contributed by atoms with Crippen LogP contribution in [0.3, 0.4) is 0 Å². The second kappa shape index (κ2) is 72.9. The molecule has 0 aliphatic heterocycles. The number of rotatable bonds is 0. The van der Waals surface area contributed by atoms with Gasteiger partial charge in [0.05, 0.1) is 0 Å². The van der Waals surface area contributed by atoms with E-state index in [0.29, 0.717) is 0 Å². The third-order valence-corrected chi connectivity index (χ3v) is 0. The van der Waals surface area contributed by atoms with Crippen LogP contribution in [0.2, 0.25) is 0 Å². The first-order chi connectivity index (χ1) is 0. The van der Waals surface area contributed by atoms with Gasteiger partial charge in [-0.05, 0) is 0 Å². The van der Waals surface area contributed by atoms with Crippen molar-refractivity contribution in [2.75, 3.05) is 0 Å². The Bertz CT molecular complexity index is 3.25. The minimum absolute atomic E-state index is 0. The van der Waals surface area contributed by atoms with E-state index in [1.165, 1.54) is 0 Å². The molecule has 0 rings (SSSR count). The Morgan fingerprint density at radius 1 is 0.500 bits per heavy atom. The summed E-state index contributed by atoms with van der Waals surface area (Å²) in [6.07, 6.45) is 0. The Morgan fingerprint density at radius 3 is 0.500 bits per heavy atom. The Morgan fingerprint density at radius 2 is 0.500 bits per heavy atom. The quantitative estimate of drug-likeness (QED) is 0.546. The van der Waals surface area contributed by atoms with Gasteiger partial charge in [-0.1, -0.05) is 0 Å². The largest absolute Gasteiger partial charge is 2.00 e. The van der Waals surface area contributed by atoms with Gasteiger partial charge in [0.1, 0.15) is 0 Å². The molecule has 0 bridgehead atoms. The monoisotopic (exact) mass is 232 g/mol. The summed E-state index contributed by atoms with van der Waals surface area (Å²) in [5, 5.41) is 0. The summed E-state index contributed by atoms with van der Waals surface area (Å²) in [7, 11) is 0. The minimum Gasteiger partial charge on any atom is -2.00 e. The molecule has 0 radical (unpaired) electrons. The molecule has 0 saturated carbocycles. The van der Waals surface area contributed by atoms with E-state index in [9.17, 15) is 0 Å². The van der Waals surface area contributed by atoms with Crippen LogP contribution in [0, 0.1) is 0 Å². The fraction of sp³-hybridized carbons (Fsp3) is 0. The topological polar surface area (TPSA) is 85.5 Å². The summed E-state index contributed by atoms with van der Waals surface area (Å²) < 4.78 is 0. The van der Waals surface area contributed by atoms with E-state index in [1.54, 1.807) is 0 Å². The van der Waals surface area contributed by atoms with E-state index < -0.39 is 0 Å². The molecule has 0 N–H and O–H groups in total. The molecule has 0 saturated heterocycles. The van der Waals surface area contributed by atoms with E-state index in [0.717, 1.165) is 0 Å². The second-order valence-electron chi connectivity index (χ2n) is 0. The fourth-order valence-electron chi connectivity index (χ4n) is 0. The fourth-order valence-corrected chi connectivity index (χ4v) is 0. The molecule has 3 nitrogen and oxygen atoms in total. The van der Waals surface area contributed by atoms with Gasteiger partial charge in [0.15, 0.2) is 0 Å². The van der Waals surface area contributed by atoms with E-state index >= 15 is 0 Å². The second-order valence-corrected chi connectivity index (χ2v) is 0. The van der Waals surface area contributed by atoms with Gasteiger partial charge >= 0.3 is 0 Å². The van der Waals surface area contributed by atoms with E-state index in [4.69, 9.17) is 0 Å². The molecule has 4 heavy (non-hydrogen) atoms. The first-order valence-corrected chi connectivity index (χ1v) is 0. The molecule has 0 aromatic rings. The van der Waals surface area contributed by atoms with Gasteiger partial charge < -0.3 is 16.4 Å². The Kier molecular flexibility index (Phi) is 3280. The molecule has 0 aliphatic rings. The van der Waals surface area contributed by atoms with Crippen LogP contribution < -0.4 is 0 Å². The van der Waals surface area contributed by atoms with Gasteiger partial charge in [-0.15, -0.1) is 0 Å². The maximum atomic E-state index is 0. The van der Waals surface area contributed by atoms with E-state index in [2.05, 4.69) is 0 Å². The maximum absolute atomic E-state index is 0. The van der Waals surface area contributed by atoms with Crippen LogP contribution in [-0.2, 0) is 37.5 Å². The minimum atomic E-state index is 0. The molecular weight excluding hydrogens is 232 g/mol. The van der Waals surface area contributed by atoms with Crippen molar-refractivity contribution in [3.63, 3.8) is 0 Å². The van der Waals surface area contributed by atoms with E-state index in [-0.39, 0.29) is 37.5 Å². The molecule has 0 spiro atoms. The van der Waals surface area contributed by atoms with Crippen LogP contribution in [0.15, 0.2) is 0 Å². The predicted octanol–water partition coefficient (Wildman–Crippen LogP) is -0.359. The molecule has 0 amide bonds. The zero-order valence-corrected chi connectivity index (χ0v) is 4.57. The average Bonchev–Trinajstić information content (AvgIpc) is 0. The van der Waals surface area contributed by atoms with Gasteiger partial charge in [0.2, 0.25) is 0 Å². The maximum Gasteiger partial charge on any atom is 0 e. The normalized spacial score (nSPS) is 0.